The lowest BCUT2D eigenvalue weighted by Crippen LogP contribution is -2.44. The van der Waals surface area contributed by atoms with E-state index in [0.717, 1.165) is 37.3 Å². The predicted molar refractivity (Wildman–Crippen MR) is 124 cm³/mol. The number of nitrogens with one attached hydrogen (secondary N) is 1. The van der Waals surface area contributed by atoms with Gasteiger partial charge in [0.25, 0.3) is 5.88 Å². The first-order valence-electron chi connectivity index (χ1n) is 10.5. The summed E-state index contributed by atoms with van der Waals surface area (Å²) in [5.74, 6) is 0.770. The summed E-state index contributed by atoms with van der Waals surface area (Å²) < 4.78 is 5.82. The molecular weight excluding hydrogens is 406 g/mol. The Morgan fingerprint density at radius 2 is 1.88 bits per heavy atom. The lowest BCUT2D eigenvalue weighted by molar-refractivity contribution is -0.114. The first-order valence-corrected chi connectivity index (χ1v) is 10.5. The second-order valence-electron chi connectivity index (χ2n) is 7.80. The molecule has 1 aliphatic rings. The Bertz CT molecular complexity index is 1080. The fourth-order valence-corrected chi connectivity index (χ4v) is 3.50. The summed E-state index contributed by atoms with van der Waals surface area (Å²) in [5.41, 5.74) is 9.64. The van der Waals surface area contributed by atoms with Gasteiger partial charge in [-0.1, -0.05) is 12.1 Å². The maximum Gasteiger partial charge on any atom is 0.258 e. The van der Waals surface area contributed by atoms with E-state index in [9.17, 15) is 4.79 Å². The van der Waals surface area contributed by atoms with Gasteiger partial charge in [0.2, 0.25) is 5.91 Å². The lowest BCUT2D eigenvalue weighted by Gasteiger charge is -2.34. The number of likely N-dealkylation sites (N-methyl/N-ethyl adjacent to an activating group) is 1. The number of hydrogen-bond donors (Lipinski definition) is 2. The lowest BCUT2D eigenvalue weighted by atomic mass is 10.1. The van der Waals surface area contributed by atoms with Crippen LogP contribution in [0.25, 0.3) is 11.3 Å². The number of amides is 1. The van der Waals surface area contributed by atoms with Gasteiger partial charge in [-0.25, -0.2) is 15.0 Å². The number of carbonyl (C=O) groups is 1. The summed E-state index contributed by atoms with van der Waals surface area (Å²) in [6.07, 6.45) is 3.26. The van der Waals surface area contributed by atoms with E-state index < -0.39 is 0 Å². The highest BCUT2D eigenvalue weighted by molar-refractivity contribution is 5.87. The fraction of sp³-hybridized carbons (Fsp3) is 0.304. The fourth-order valence-electron chi connectivity index (χ4n) is 3.50. The van der Waals surface area contributed by atoms with E-state index >= 15 is 0 Å². The topological polar surface area (TPSA) is 110 Å². The predicted octanol–water partition coefficient (Wildman–Crippen LogP) is 2.41. The molecule has 0 saturated carbocycles. The smallest absolute Gasteiger partial charge is 0.258 e. The standard InChI is InChI=1S/C23H27N7O2/c1-16(31)27-21-13-17(7-8-25-21)15-32-23-22(24)26-14-20(28-23)18-3-5-19(6-4-18)30-11-9-29(2)10-12-30/h3-8,13-14H,9-12,15H2,1-2H3,(H2,24,26)(H,25,27,31). The molecule has 1 amide bonds. The number of piperazine rings is 1. The monoisotopic (exact) mass is 433 g/mol. The van der Waals surface area contributed by atoms with Crippen molar-refractivity contribution in [3.05, 3.63) is 54.4 Å². The highest BCUT2D eigenvalue weighted by atomic mass is 16.5. The molecule has 3 N–H and O–H groups in total. The zero-order valence-corrected chi connectivity index (χ0v) is 18.3. The molecule has 32 heavy (non-hydrogen) atoms. The summed E-state index contributed by atoms with van der Waals surface area (Å²) in [4.78, 5) is 28.9. The number of aromatic nitrogens is 3. The van der Waals surface area contributed by atoms with Crippen LogP contribution in [-0.2, 0) is 11.4 Å². The van der Waals surface area contributed by atoms with E-state index in [-0.39, 0.29) is 24.2 Å². The molecule has 1 saturated heterocycles. The van der Waals surface area contributed by atoms with Crippen LogP contribution in [0.5, 0.6) is 5.88 Å². The molecular formula is C23H27N7O2. The zero-order valence-electron chi connectivity index (χ0n) is 18.3. The third kappa shape index (κ3) is 5.30. The van der Waals surface area contributed by atoms with E-state index in [1.165, 1.54) is 12.6 Å². The summed E-state index contributed by atoms with van der Waals surface area (Å²) >= 11 is 0. The second kappa shape index (κ2) is 9.61. The minimum atomic E-state index is -0.183. The van der Waals surface area contributed by atoms with E-state index in [1.54, 1.807) is 24.5 Å². The number of nitrogens with zero attached hydrogens (tertiary/aromatic N) is 5. The minimum absolute atomic E-state index is 0.183. The van der Waals surface area contributed by atoms with Crippen molar-refractivity contribution in [2.75, 3.05) is 49.2 Å². The molecule has 1 aromatic carbocycles. The van der Waals surface area contributed by atoms with Crippen molar-refractivity contribution in [1.29, 1.82) is 0 Å². The summed E-state index contributed by atoms with van der Waals surface area (Å²) in [5, 5.41) is 2.65. The Hall–Kier alpha value is -3.72. The SMILES string of the molecule is CC(=O)Nc1cc(COc2nc(-c3ccc(N4CCN(C)CC4)cc3)cnc2N)ccn1. The molecule has 2 aromatic heterocycles. The van der Waals surface area contributed by atoms with E-state index in [1.807, 2.05) is 12.1 Å². The number of ether oxygens (including phenoxy) is 1. The second-order valence-corrected chi connectivity index (χ2v) is 7.80. The first-order chi connectivity index (χ1) is 15.5. The van der Waals surface area contributed by atoms with Crippen LogP contribution in [0.15, 0.2) is 48.8 Å². The van der Waals surface area contributed by atoms with E-state index in [0.29, 0.717) is 11.5 Å². The molecule has 0 bridgehead atoms. The zero-order chi connectivity index (χ0) is 22.5. The van der Waals surface area contributed by atoms with Gasteiger partial charge < -0.3 is 25.6 Å². The Kier molecular flexibility index (Phi) is 6.46. The van der Waals surface area contributed by atoms with Gasteiger partial charge in [-0.2, -0.15) is 0 Å². The third-order valence-electron chi connectivity index (χ3n) is 5.30. The third-order valence-corrected chi connectivity index (χ3v) is 5.30. The first kappa shape index (κ1) is 21.5. The van der Waals surface area contributed by atoms with Crippen LogP contribution >= 0.6 is 0 Å². The van der Waals surface area contributed by atoms with Crippen molar-refractivity contribution in [3.8, 4) is 17.1 Å². The van der Waals surface area contributed by atoms with Gasteiger partial charge in [-0.15, -0.1) is 0 Å². The van der Waals surface area contributed by atoms with Gasteiger partial charge in [-0.3, -0.25) is 4.79 Å². The molecule has 0 atom stereocenters. The molecule has 3 heterocycles. The number of pyridine rings is 1. The summed E-state index contributed by atoms with van der Waals surface area (Å²) in [6, 6.07) is 11.8. The van der Waals surface area contributed by atoms with Crippen LogP contribution in [0.3, 0.4) is 0 Å². The summed E-state index contributed by atoms with van der Waals surface area (Å²) in [7, 11) is 2.15. The number of carbonyl (C=O) groups excluding carboxylic acids is 1. The molecule has 166 valence electrons. The van der Waals surface area contributed by atoms with Crippen molar-refractivity contribution < 1.29 is 9.53 Å². The van der Waals surface area contributed by atoms with Crippen molar-refractivity contribution in [1.82, 2.24) is 19.9 Å². The number of nitrogen functional groups attached to an aromatic ring is 1. The van der Waals surface area contributed by atoms with Crippen LogP contribution in [0.1, 0.15) is 12.5 Å². The van der Waals surface area contributed by atoms with Crippen LogP contribution in [0.2, 0.25) is 0 Å². The maximum atomic E-state index is 11.2. The van der Waals surface area contributed by atoms with Gasteiger partial charge in [0, 0.05) is 50.6 Å². The Balaban J connectivity index is 1.45. The highest BCUT2D eigenvalue weighted by Gasteiger charge is 2.15. The summed E-state index contributed by atoms with van der Waals surface area (Å²) in [6.45, 7) is 5.83. The van der Waals surface area contributed by atoms with Crippen molar-refractivity contribution in [2.24, 2.45) is 0 Å². The van der Waals surface area contributed by atoms with Crippen LogP contribution in [0.4, 0.5) is 17.3 Å². The van der Waals surface area contributed by atoms with Gasteiger partial charge in [0.1, 0.15) is 12.4 Å². The Morgan fingerprint density at radius 3 is 2.59 bits per heavy atom. The normalized spacial score (nSPS) is 14.2. The van der Waals surface area contributed by atoms with E-state index in [2.05, 4.69) is 49.2 Å². The van der Waals surface area contributed by atoms with Gasteiger partial charge in [0.05, 0.1) is 11.9 Å². The number of nitrogens with two attached hydrogens (primary N) is 1. The largest absolute Gasteiger partial charge is 0.470 e. The average Bonchev–Trinajstić information content (AvgIpc) is 2.79. The minimum Gasteiger partial charge on any atom is -0.470 e. The van der Waals surface area contributed by atoms with Crippen molar-refractivity contribution >= 4 is 23.2 Å². The molecule has 0 aliphatic carbocycles. The van der Waals surface area contributed by atoms with Gasteiger partial charge >= 0.3 is 0 Å². The average molecular weight is 434 g/mol. The molecule has 0 radical (unpaired) electrons. The molecule has 0 spiro atoms. The number of anilines is 3. The van der Waals surface area contributed by atoms with Crippen LogP contribution in [-0.4, -0.2) is 59.0 Å². The van der Waals surface area contributed by atoms with Gasteiger partial charge in [-0.05, 0) is 36.9 Å². The molecule has 4 rings (SSSR count). The quantitative estimate of drug-likeness (QED) is 0.610. The highest BCUT2D eigenvalue weighted by Crippen LogP contribution is 2.26. The van der Waals surface area contributed by atoms with Crippen LogP contribution in [0, 0.1) is 0 Å². The molecule has 9 heteroatoms. The number of rotatable bonds is 6. The maximum absolute atomic E-state index is 11.2. The number of benzene rings is 1. The van der Waals surface area contributed by atoms with Crippen LogP contribution < -0.4 is 20.7 Å². The molecule has 3 aromatic rings. The van der Waals surface area contributed by atoms with Crippen molar-refractivity contribution in [3.63, 3.8) is 0 Å². The Morgan fingerprint density at radius 1 is 1.12 bits per heavy atom. The van der Waals surface area contributed by atoms with Gasteiger partial charge in [0.15, 0.2) is 5.82 Å². The van der Waals surface area contributed by atoms with E-state index in [4.69, 9.17) is 10.5 Å². The molecule has 0 unspecified atom stereocenters. The Labute approximate surface area is 187 Å². The molecule has 9 nitrogen and oxygen atoms in total. The molecule has 1 fully saturated rings. The number of hydrogen-bond acceptors (Lipinski definition) is 8. The van der Waals surface area contributed by atoms with Crippen molar-refractivity contribution in [2.45, 2.75) is 13.5 Å². The molecule has 1 aliphatic heterocycles.